The molecule has 0 aliphatic carbocycles. The maximum Gasteiger partial charge on any atom is 0.186 e. The van der Waals surface area contributed by atoms with E-state index >= 15 is 0 Å². The summed E-state index contributed by atoms with van der Waals surface area (Å²) in [6.07, 6.45) is 2.64. The second-order valence-electron chi connectivity index (χ2n) is 4.92. The van der Waals surface area contributed by atoms with E-state index in [4.69, 9.17) is 4.74 Å². The Hall–Kier alpha value is -0.850. The van der Waals surface area contributed by atoms with Crippen LogP contribution in [0.2, 0.25) is 0 Å². The third kappa shape index (κ3) is 3.24. The lowest BCUT2D eigenvalue weighted by molar-refractivity contribution is -0.00906. The van der Waals surface area contributed by atoms with Gasteiger partial charge in [-0.2, -0.15) is 5.10 Å². The minimum Gasteiger partial charge on any atom is -0.375 e. The van der Waals surface area contributed by atoms with Gasteiger partial charge < -0.3 is 9.64 Å². The van der Waals surface area contributed by atoms with Crippen LogP contribution >= 0.6 is 23.1 Å². The average Bonchev–Trinajstić information content (AvgIpc) is 3.02. The highest BCUT2D eigenvalue weighted by Crippen LogP contribution is 2.22. The van der Waals surface area contributed by atoms with E-state index in [1.807, 2.05) is 0 Å². The zero-order chi connectivity index (χ0) is 13.8. The van der Waals surface area contributed by atoms with Gasteiger partial charge in [-0.05, 0) is 17.9 Å². The third-order valence-corrected chi connectivity index (χ3v) is 5.35. The van der Waals surface area contributed by atoms with Gasteiger partial charge in [0.25, 0.3) is 0 Å². The van der Waals surface area contributed by atoms with Gasteiger partial charge in [0, 0.05) is 18.8 Å². The Balaban J connectivity index is 1.66. The Labute approximate surface area is 127 Å². The topological polar surface area (TPSA) is 37.2 Å². The first-order valence-corrected chi connectivity index (χ1v) is 8.91. The molecular weight excluding hydrogens is 290 g/mol. The van der Waals surface area contributed by atoms with Gasteiger partial charge in [-0.25, -0.2) is 0 Å². The van der Waals surface area contributed by atoms with Gasteiger partial charge in [0.1, 0.15) is 0 Å². The zero-order valence-electron chi connectivity index (χ0n) is 11.6. The molecule has 20 heavy (non-hydrogen) atoms. The molecule has 1 fully saturated rings. The summed E-state index contributed by atoms with van der Waals surface area (Å²) in [6.45, 7) is 4.87. The maximum atomic E-state index is 5.78. The number of nitrogens with zero attached hydrogens (tertiary/aromatic N) is 3. The molecular formula is C14H19N3OS2. The van der Waals surface area contributed by atoms with E-state index in [1.165, 1.54) is 11.3 Å². The number of thiophene rings is 1. The highest BCUT2D eigenvalue weighted by molar-refractivity contribution is 8.14. The van der Waals surface area contributed by atoms with Crippen LogP contribution in [0.5, 0.6) is 0 Å². The number of thioether (sulfide) groups is 1. The molecule has 0 saturated carbocycles. The molecule has 6 heteroatoms. The molecule has 3 heterocycles. The van der Waals surface area contributed by atoms with Crippen LogP contribution in [-0.4, -0.2) is 47.3 Å². The van der Waals surface area contributed by atoms with Crippen molar-refractivity contribution in [3.8, 4) is 0 Å². The smallest absolute Gasteiger partial charge is 0.186 e. The number of rotatable bonds is 3. The summed E-state index contributed by atoms with van der Waals surface area (Å²) in [5, 5.41) is 12.0. The molecule has 1 aromatic rings. The largest absolute Gasteiger partial charge is 0.375 e. The van der Waals surface area contributed by atoms with Gasteiger partial charge in [0.05, 0.1) is 23.3 Å². The molecule has 2 aliphatic heterocycles. The summed E-state index contributed by atoms with van der Waals surface area (Å²) >= 11 is 3.52. The van der Waals surface area contributed by atoms with Crippen LogP contribution in [0.1, 0.15) is 24.6 Å². The summed E-state index contributed by atoms with van der Waals surface area (Å²) in [6, 6.07) is 4.17. The van der Waals surface area contributed by atoms with Crippen molar-refractivity contribution < 1.29 is 4.74 Å². The van der Waals surface area contributed by atoms with Crippen LogP contribution in [0.25, 0.3) is 0 Å². The molecule has 0 aromatic carbocycles. The van der Waals surface area contributed by atoms with Gasteiger partial charge in [0.15, 0.2) is 5.17 Å². The van der Waals surface area contributed by atoms with E-state index in [2.05, 4.69) is 39.5 Å². The molecule has 4 nitrogen and oxygen atoms in total. The molecule has 3 rings (SSSR count). The molecule has 2 aliphatic rings. The fourth-order valence-corrected chi connectivity index (χ4v) is 4.13. The molecule has 0 radical (unpaired) electrons. The number of hydrogen-bond donors (Lipinski definition) is 0. The van der Waals surface area contributed by atoms with Crippen molar-refractivity contribution in [3.05, 3.63) is 22.4 Å². The SMILES string of the molecule is CCCC1CN(C2=NN=C(c3cccs3)CS2)CCO1. The molecule has 1 aromatic heterocycles. The van der Waals surface area contributed by atoms with Gasteiger partial charge in [0.2, 0.25) is 0 Å². The van der Waals surface area contributed by atoms with Crippen molar-refractivity contribution in [2.24, 2.45) is 10.2 Å². The predicted molar refractivity (Wildman–Crippen MR) is 87.0 cm³/mol. The molecule has 0 bridgehead atoms. The molecule has 1 unspecified atom stereocenters. The minimum atomic E-state index is 0.347. The van der Waals surface area contributed by atoms with Crippen molar-refractivity contribution in [2.45, 2.75) is 25.9 Å². The Morgan fingerprint density at radius 2 is 2.40 bits per heavy atom. The molecule has 1 saturated heterocycles. The number of hydrogen-bond acceptors (Lipinski definition) is 6. The zero-order valence-corrected chi connectivity index (χ0v) is 13.3. The number of amidine groups is 1. The summed E-state index contributed by atoms with van der Waals surface area (Å²) in [7, 11) is 0. The van der Waals surface area contributed by atoms with Gasteiger partial charge >= 0.3 is 0 Å². The standard InChI is InChI=1S/C14H19N3OS2/c1-2-4-11-9-17(6-7-18-11)14-16-15-12(10-20-14)13-5-3-8-19-13/h3,5,8,11H,2,4,6-7,9-10H2,1H3. The quantitative estimate of drug-likeness (QED) is 0.861. The Kier molecular flexibility index (Phi) is 4.75. The van der Waals surface area contributed by atoms with E-state index in [0.29, 0.717) is 6.10 Å². The van der Waals surface area contributed by atoms with Crippen molar-refractivity contribution in [2.75, 3.05) is 25.4 Å². The normalized spacial score (nSPS) is 23.4. The van der Waals surface area contributed by atoms with Gasteiger partial charge in [-0.1, -0.05) is 31.2 Å². The summed E-state index contributed by atoms with van der Waals surface area (Å²) in [4.78, 5) is 3.55. The lowest BCUT2D eigenvalue weighted by Gasteiger charge is -2.34. The second kappa shape index (κ2) is 6.74. The molecule has 108 valence electrons. The first kappa shape index (κ1) is 14.1. The fraction of sp³-hybridized carbons (Fsp3) is 0.571. The summed E-state index contributed by atoms with van der Waals surface area (Å²) < 4.78 is 5.78. The predicted octanol–water partition coefficient (Wildman–Crippen LogP) is 3.06. The van der Waals surface area contributed by atoms with E-state index in [0.717, 1.165) is 42.7 Å². The molecule has 1 atom stereocenters. The molecule has 0 spiro atoms. The highest BCUT2D eigenvalue weighted by atomic mass is 32.2. The van der Waals surface area contributed by atoms with Crippen LogP contribution in [0.4, 0.5) is 0 Å². The fourth-order valence-electron chi connectivity index (χ4n) is 2.40. The lowest BCUT2D eigenvalue weighted by Crippen LogP contribution is -2.45. The maximum absolute atomic E-state index is 5.78. The first-order chi connectivity index (χ1) is 9.86. The Morgan fingerprint density at radius 3 is 3.10 bits per heavy atom. The van der Waals surface area contributed by atoms with E-state index in [9.17, 15) is 0 Å². The van der Waals surface area contributed by atoms with Crippen LogP contribution in [0, 0.1) is 0 Å². The lowest BCUT2D eigenvalue weighted by atomic mass is 10.2. The third-order valence-electron chi connectivity index (χ3n) is 3.42. The Morgan fingerprint density at radius 1 is 1.45 bits per heavy atom. The monoisotopic (exact) mass is 309 g/mol. The minimum absolute atomic E-state index is 0.347. The molecule has 0 amide bonds. The van der Waals surface area contributed by atoms with Crippen molar-refractivity contribution in [1.82, 2.24) is 4.90 Å². The Bertz CT molecular complexity index is 497. The summed E-state index contributed by atoms with van der Waals surface area (Å²) in [5.74, 6) is 0.912. The van der Waals surface area contributed by atoms with Crippen LogP contribution in [0.3, 0.4) is 0 Å². The van der Waals surface area contributed by atoms with E-state index in [1.54, 1.807) is 23.1 Å². The van der Waals surface area contributed by atoms with E-state index < -0.39 is 0 Å². The van der Waals surface area contributed by atoms with Crippen molar-refractivity contribution in [3.63, 3.8) is 0 Å². The average molecular weight is 309 g/mol. The van der Waals surface area contributed by atoms with Gasteiger partial charge in [-0.15, -0.1) is 16.4 Å². The summed E-state index contributed by atoms with van der Waals surface area (Å²) in [5.41, 5.74) is 1.09. The van der Waals surface area contributed by atoms with Crippen molar-refractivity contribution >= 4 is 34.0 Å². The molecule has 0 N–H and O–H groups in total. The second-order valence-corrected chi connectivity index (χ2v) is 6.81. The van der Waals surface area contributed by atoms with E-state index in [-0.39, 0.29) is 0 Å². The van der Waals surface area contributed by atoms with Crippen molar-refractivity contribution in [1.29, 1.82) is 0 Å². The van der Waals surface area contributed by atoms with Crippen LogP contribution < -0.4 is 0 Å². The highest BCUT2D eigenvalue weighted by Gasteiger charge is 2.24. The van der Waals surface area contributed by atoms with Crippen LogP contribution in [0.15, 0.2) is 27.7 Å². The number of morpholine rings is 1. The number of ether oxygens (including phenoxy) is 1. The first-order valence-electron chi connectivity index (χ1n) is 7.04. The van der Waals surface area contributed by atoms with Crippen LogP contribution in [-0.2, 0) is 4.74 Å². The van der Waals surface area contributed by atoms with Gasteiger partial charge in [-0.3, -0.25) is 0 Å².